The summed E-state index contributed by atoms with van der Waals surface area (Å²) in [5, 5.41) is 3.44. The third-order valence-corrected chi connectivity index (χ3v) is 7.76. The van der Waals surface area contributed by atoms with Crippen LogP contribution in [0.2, 0.25) is 5.02 Å². The fraction of sp³-hybridized carbons (Fsp3) is 0.632. The molecule has 7 heteroatoms. The van der Waals surface area contributed by atoms with Gasteiger partial charge in [-0.05, 0) is 43.7 Å². The Hall–Kier alpha value is -1.11. The van der Waals surface area contributed by atoms with Crippen LogP contribution in [0.3, 0.4) is 0 Å². The molecule has 1 saturated carbocycles. The van der Waals surface area contributed by atoms with Gasteiger partial charge in [0.25, 0.3) is 0 Å². The van der Waals surface area contributed by atoms with Crippen LogP contribution in [0.15, 0.2) is 24.3 Å². The van der Waals surface area contributed by atoms with Crippen molar-refractivity contribution in [2.75, 3.05) is 13.1 Å². The van der Waals surface area contributed by atoms with Gasteiger partial charge in [0.15, 0.2) is 0 Å². The summed E-state index contributed by atoms with van der Waals surface area (Å²) >= 11 is 6.15. The molecule has 1 saturated heterocycles. The number of carbonyl (C=O) groups is 1. The van der Waals surface area contributed by atoms with Gasteiger partial charge < -0.3 is 5.32 Å². The highest BCUT2D eigenvalue weighted by Crippen LogP contribution is 2.50. The van der Waals surface area contributed by atoms with E-state index in [9.17, 15) is 13.2 Å². The first-order valence-electron chi connectivity index (χ1n) is 9.25. The Balaban J connectivity index is 1.82. The van der Waals surface area contributed by atoms with Crippen molar-refractivity contribution in [1.29, 1.82) is 0 Å². The highest BCUT2D eigenvalue weighted by molar-refractivity contribution is 7.88. The summed E-state index contributed by atoms with van der Waals surface area (Å²) in [6.07, 6.45) is 3.95. The topological polar surface area (TPSA) is 66.5 Å². The lowest BCUT2D eigenvalue weighted by atomic mass is 9.76. The molecular formula is C19H27ClN2O3S. The maximum absolute atomic E-state index is 13.0. The van der Waals surface area contributed by atoms with Crippen LogP contribution < -0.4 is 5.32 Å². The van der Waals surface area contributed by atoms with E-state index in [1.807, 2.05) is 13.8 Å². The molecule has 1 aromatic rings. The van der Waals surface area contributed by atoms with Crippen LogP contribution in [0, 0.1) is 11.3 Å². The van der Waals surface area contributed by atoms with E-state index in [4.69, 9.17) is 11.6 Å². The zero-order chi connectivity index (χ0) is 18.9. The smallest absolute Gasteiger partial charge is 0.225 e. The van der Waals surface area contributed by atoms with Crippen LogP contribution in [0.4, 0.5) is 0 Å². The first-order valence-corrected chi connectivity index (χ1v) is 11.2. The molecule has 1 spiro atoms. The van der Waals surface area contributed by atoms with Crippen LogP contribution in [0.5, 0.6) is 0 Å². The molecule has 1 aliphatic carbocycles. The third-order valence-electron chi connectivity index (χ3n) is 5.65. The minimum atomic E-state index is -3.53. The summed E-state index contributed by atoms with van der Waals surface area (Å²) in [7, 11) is -3.53. The minimum absolute atomic E-state index is 0.0163. The van der Waals surface area contributed by atoms with Gasteiger partial charge in [0.05, 0.1) is 11.7 Å². The van der Waals surface area contributed by atoms with Crippen LogP contribution in [0.25, 0.3) is 0 Å². The van der Waals surface area contributed by atoms with Crippen molar-refractivity contribution in [3.8, 4) is 0 Å². The summed E-state index contributed by atoms with van der Waals surface area (Å²) in [6.45, 7) is 4.57. The Morgan fingerprint density at radius 3 is 2.58 bits per heavy atom. The number of benzene rings is 1. The second-order valence-corrected chi connectivity index (χ2v) is 10.3. The molecule has 2 fully saturated rings. The summed E-state index contributed by atoms with van der Waals surface area (Å²) in [5.74, 6) is -0.410. The van der Waals surface area contributed by atoms with Crippen molar-refractivity contribution < 1.29 is 13.2 Å². The quantitative estimate of drug-likeness (QED) is 0.828. The van der Waals surface area contributed by atoms with Crippen molar-refractivity contribution in [3.05, 3.63) is 34.9 Å². The van der Waals surface area contributed by atoms with E-state index < -0.39 is 10.0 Å². The van der Waals surface area contributed by atoms with E-state index >= 15 is 0 Å². The minimum Gasteiger partial charge on any atom is -0.354 e. The largest absolute Gasteiger partial charge is 0.354 e. The summed E-state index contributed by atoms with van der Waals surface area (Å²) < 4.78 is 27.6. The summed E-state index contributed by atoms with van der Waals surface area (Å²) in [5.41, 5.74) is 0.386. The molecule has 1 heterocycles. The average Bonchev–Trinajstić information content (AvgIpc) is 3.17. The lowest BCUT2D eigenvalue weighted by Crippen LogP contribution is -2.42. The Morgan fingerprint density at radius 2 is 1.96 bits per heavy atom. The van der Waals surface area contributed by atoms with E-state index in [1.54, 1.807) is 24.3 Å². The van der Waals surface area contributed by atoms with E-state index in [0.29, 0.717) is 17.1 Å². The van der Waals surface area contributed by atoms with Crippen molar-refractivity contribution in [2.45, 2.75) is 51.3 Å². The predicted molar refractivity (Wildman–Crippen MR) is 103 cm³/mol. The van der Waals surface area contributed by atoms with Crippen LogP contribution >= 0.6 is 11.6 Å². The zero-order valence-corrected chi connectivity index (χ0v) is 16.9. The highest BCUT2D eigenvalue weighted by Gasteiger charge is 2.53. The van der Waals surface area contributed by atoms with Gasteiger partial charge in [0.2, 0.25) is 15.9 Å². The standard InChI is InChI=1S/C19H27ClN2O3S/c1-14(2)21-18(23)16-11-22(13-19(16)9-5-6-10-19)26(24,25)12-15-7-3-4-8-17(15)20/h3-4,7-8,14,16H,5-6,9-13H2,1-2H3,(H,21,23). The number of nitrogens with one attached hydrogen (secondary N) is 1. The Bertz CT molecular complexity index is 773. The molecule has 3 rings (SSSR count). The van der Waals surface area contributed by atoms with Crippen molar-refractivity contribution in [2.24, 2.45) is 11.3 Å². The molecule has 1 atom stereocenters. The first-order chi connectivity index (χ1) is 12.2. The molecule has 2 aliphatic rings. The molecule has 0 radical (unpaired) electrons. The molecule has 144 valence electrons. The maximum atomic E-state index is 13.0. The fourth-order valence-electron chi connectivity index (χ4n) is 4.37. The second-order valence-electron chi connectivity index (χ2n) is 7.93. The molecule has 1 N–H and O–H groups in total. The van der Waals surface area contributed by atoms with E-state index in [-0.39, 0.29) is 35.6 Å². The van der Waals surface area contributed by atoms with Gasteiger partial charge in [0.1, 0.15) is 0 Å². The van der Waals surface area contributed by atoms with Gasteiger partial charge in [0, 0.05) is 24.2 Å². The van der Waals surface area contributed by atoms with Crippen molar-refractivity contribution in [1.82, 2.24) is 9.62 Å². The highest BCUT2D eigenvalue weighted by atomic mass is 35.5. The van der Waals surface area contributed by atoms with Gasteiger partial charge in [-0.15, -0.1) is 0 Å². The number of rotatable bonds is 5. The van der Waals surface area contributed by atoms with Crippen LogP contribution in [0.1, 0.15) is 45.1 Å². The molecule has 5 nitrogen and oxygen atoms in total. The van der Waals surface area contributed by atoms with Crippen molar-refractivity contribution >= 4 is 27.5 Å². The van der Waals surface area contributed by atoms with E-state index in [2.05, 4.69) is 5.32 Å². The van der Waals surface area contributed by atoms with Crippen LogP contribution in [-0.4, -0.2) is 37.8 Å². The number of carbonyl (C=O) groups excluding carboxylic acids is 1. The van der Waals surface area contributed by atoms with Crippen LogP contribution in [-0.2, 0) is 20.6 Å². The molecule has 1 aliphatic heterocycles. The Morgan fingerprint density at radius 1 is 1.31 bits per heavy atom. The summed E-state index contributed by atoms with van der Waals surface area (Å²) in [6, 6.07) is 7.07. The molecular weight excluding hydrogens is 372 g/mol. The Labute approximate surface area is 161 Å². The Kier molecular flexibility index (Phi) is 5.66. The van der Waals surface area contributed by atoms with Gasteiger partial charge >= 0.3 is 0 Å². The first kappa shape index (κ1) is 19.6. The van der Waals surface area contributed by atoms with Crippen molar-refractivity contribution in [3.63, 3.8) is 0 Å². The summed E-state index contributed by atoms with van der Waals surface area (Å²) in [4.78, 5) is 12.7. The number of halogens is 1. The number of sulfonamides is 1. The lowest BCUT2D eigenvalue weighted by Gasteiger charge is -2.29. The van der Waals surface area contributed by atoms with E-state index in [1.165, 1.54) is 4.31 Å². The molecule has 0 aromatic heterocycles. The zero-order valence-electron chi connectivity index (χ0n) is 15.4. The molecule has 1 aromatic carbocycles. The molecule has 26 heavy (non-hydrogen) atoms. The fourth-order valence-corrected chi connectivity index (χ4v) is 6.31. The van der Waals surface area contributed by atoms with E-state index in [0.717, 1.165) is 25.7 Å². The third kappa shape index (κ3) is 3.92. The van der Waals surface area contributed by atoms with Gasteiger partial charge in [-0.1, -0.05) is 42.6 Å². The SMILES string of the molecule is CC(C)NC(=O)C1CN(S(=O)(=O)Cc2ccccc2Cl)CC12CCCC2. The predicted octanol–water partition coefficient (Wildman–Crippen LogP) is 3.19. The van der Waals surface area contributed by atoms with Gasteiger partial charge in [-0.2, -0.15) is 0 Å². The second kappa shape index (κ2) is 7.49. The maximum Gasteiger partial charge on any atom is 0.225 e. The monoisotopic (exact) mass is 398 g/mol. The average molecular weight is 399 g/mol. The number of nitrogens with zero attached hydrogens (tertiary/aromatic N) is 1. The molecule has 1 amide bonds. The van der Waals surface area contributed by atoms with Gasteiger partial charge in [-0.25, -0.2) is 12.7 Å². The lowest BCUT2D eigenvalue weighted by molar-refractivity contribution is -0.128. The number of hydrogen-bond donors (Lipinski definition) is 1. The number of amides is 1. The number of hydrogen-bond acceptors (Lipinski definition) is 3. The molecule has 1 unspecified atom stereocenters. The molecule has 0 bridgehead atoms. The normalized spacial score (nSPS) is 23.0. The van der Waals surface area contributed by atoms with Gasteiger partial charge in [-0.3, -0.25) is 4.79 Å².